The van der Waals surface area contributed by atoms with E-state index >= 15 is 0 Å². The highest BCUT2D eigenvalue weighted by Crippen LogP contribution is 2.23. The van der Waals surface area contributed by atoms with Gasteiger partial charge >= 0.3 is 0 Å². The van der Waals surface area contributed by atoms with Gasteiger partial charge in [-0.3, -0.25) is 4.79 Å². The summed E-state index contributed by atoms with van der Waals surface area (Å²) in [5.41, 5.74) is 0. The number of thiophene rings is 1. The van der Waals surface area contributed by atoms with Crippen LogP contribution in [0.15, 0.2) is 12.1 Å². The Morgan fingerprint density at radius 2 is 2.24 bits per heavy atom. The normalized spacial score (nSPS) is 20.6. The van der Waals surface area contributed by atoms with Crippen LogP contribution in [0.25, 0.3) is 0 Å². The van der Waals surface area contributed by atoms with Crippen LogP contribution in [0.3, 0.4) is 0 Å². The third kappa shape index (κ3) is 4.28. The Morgan fingerprint density at radius 3 is 2.76 bits per heavy atom. The summed E-state index contributed by atoms with van der Waals surface area (Å²) in [7, 11) is -1.38. The zero-order chi connectivity index (χ0) is 15.5. The van der Waals surface area contributed by atoms with E-state index in [1.165, 1.54) is 11.3 Å². The molecule has 0 aliphatic carbocycles. The molecule has 0 radical (unpaired) electrons. The number of aryl methyl sites for hydroxylation is 1. The zero-order valence-corrected chi connectivity index (χ0v) is 14.0. The molecule has 2 rings (SSSR count). The number of hydrogen-bond acceptors (Lipinski definition) is 5. The van der Waals surface area contributed by atoms with Gasteiger partial charge in [-0.2, -0.15) is 0 Å². The van der Waals surface area contributed by atoms with Crippen LogP contribution in [0.1, 0.15) is 27.4 Å². The fourth-order valence-corrected chi connectivity index (χ4v) is 5.10. The molecule has 1 aromatic heterocycles. The number of sulfone groups is 1. The standard InChI is InChI=1S/C14H21NO4S2/c1-11-4-5-13(20-11)14(16)15(7-3-8-19-2)12-6-9-21(17,18)10-12/h4-5,12H,3,6-10H2,1-2H3. The molecule has 2 heterocycles. The van der Waals surface area contributed by atoms with E-state index < -0.39 is 9.84 Å². The average molecular weight is 331 g/mol. The molecule has 21 heavy (non-hydrogen) atoms. The number of ether oxygens (including phenoxy) is 1. The lowest BCUT2D eigenvalue weighted by molar-refractivity contribution is 0.0679. The van der Waals surface area contributed by atoms with Crippen LogP contribution in [-0.2, 0) is 14.6 Å². The van der Waals surface area contributed by atoms with Gasteiger partial charge in [0.15, 0.2) is 9.84 Å². The molecule has 1 amide bonds. The number of rotatable bonds is 6. The second-order valence-electron chi connectivity index (χ2n) is 5.31. The van der Waals surface area contributed by atoms with Crippen LogP contribution in [0.2, 0.25) is 0 Å². The van der Waals surface area contributed by atoms with Gasteiger partial charge in [-0.25, -0.2) is 8.42 Å². The number of carbonyl (C=O) groups is 1. The molecule has 0 N–H and O–H groups in total. The summed E-state index contributed by atoms with van der Waals surface area (Å²) in [6.07, 6.45) is 1.24. The second kappa shape index (κ2) is 6.89. The van der Waals surface area contributed by atoms with Gasteiger partial charge in [-0.05, 0) is 31.9 Å². The first kappa shape index (κ1) is 16.5. The third-order valence-electron chi connectivity index (χ3n) is 3.61. The lowest BCUT2D eigenvalue weighted by Crippen LogP contribution is -2.41. The lowest BCUT2D eigenvalue weighted by Gasteiger charge is -2.27. The molecular weight excluding hydrogens is 310 g/mol. The fraction of sp³-hybridized carbons (Fsp3) is 0.643. The van der Waals surface area contributed by atoms with Crippen molar-refractivity contribution in [2.24, 2.45) is 0 Å². The van der Waals surface area contributed by atoms with E-state index in [1.807, 2.05) is 19.1 Å². The first-order chi connectivity index (χ1) is 9.93. The number of carbonyl (C=O) groups excluding carboxylic acids is 1. The highest BCUT2D eigenvalue weighted by molar-refractivity contribution is 7.91. The molecule has 0 bridgehead atoms. The molecule has 7 heteroatoms. The lowest BCUT2D eigenvalue weighted by atomic mass is 10.2. The van der Waals surface area contributed by atoms with Gasteiger partial charge in [-0.1, -0.05) is 0 Å². The molecule has 1 saturated heterocycles. The number of methoxy groups -OCH3 is 1. The molecule has 0 aromatic carbocycles. The van der Waals surface area contributed by atoms with Crippen LogP contribution in [-0.4, -0.2) is 57.0 Å². The Hall–Kier alpha value is -0.920. The number of amides is 1. The van der Waals surface area contributed by atoms with E-state index in [1.54, 1.807) is 12.0 Å². The molecule has 1 unspecified atom stereocenters. The van der Waals surface area contributed by atoms with Gasteiger partial charge < -0.3 is 9.64 Å². The Balaban J connectivity index is 2.13. The summed E-state index contributed by atoms with van der Waals surface area (Å²) in [6.45, 7) is 3.05. The SMILES string of the molecule is COCCCN(C(=O)c1ccc(C)s1)C1CCS(=O)(=O)C1. The maximum absolute atomic E-state index is 12.7. The van der Waals surface area contributed by atoms with Crippen molar-refractivity contribution in [2.45, 2.75) is 25.8 Å². The number of hydrogen-bond donors (Lipinski definition) is 0. The highest BCUT2D eigenvalue weighted by atomic mass is 32.2. The van der Waals surface area contributed by atoms with Crippen LogP contribution in [0.4, 0.5) is 0 Å². The largest absolute Gasteiger partial charge is 0.385 e. The molecule has 1 fully saturated rings. The van der Waals surface area contributed by atoms with E-state index in [9.17, 15) is 13.2 Å². The van der Waals surface area contributed by atoms with Crippen molar-refractivity contribution in [1.82, 2.24) is 4.90 Å². The molecular formula is C14H21NO4S2. The molecule has 118 valence electrons. The second-order valence-corrected chi connectivity index (χ2v) is 8.83. The van der Waals surface area contributed by atoms with Gasteiger partial charge in [0.05, 0.1) is 16.4 Å². The molecule has 0 spiro atoms. The van der Waals surface area contributed by atoms with Crippen molar-refractivity contribution in [3.63, 3.8) is 0 Å². The van der Waals surface area contributed by atoms with E-state index in [2.05, 4.69) is 0 Å². The first-order valence-corrected chi connectivity index (χ1v) is 9.63. The zero-order valence-electron chi connectivity index (χ0n) is 12.4. The molecule has 1 aliphatic rings. The van der Waals surface area contributed by atoms with Crippen LogP contribution >= 0.6 is 11.3 Å². The fourth-order valence-electron chi connectivity index (χ4n) is 2.54. The summed E-state index contributed by atoms with van der Waals surface area (Å²) < 4.78 is 28.4. The molecule has 1 aliphatic heterocycles. The van der Waals surface area contributed by atoms with Crippen LogP contribution < -0.4 is 0 Å². The van der Waals surface area contributed by atoms with Crippen molar-refractivity contribution < 1.29 is 17.9 Å². The van der Waals surface area contributed by atoms with Crippen molar-refractivity contribution >= 4 is 27.1 Å². The van der Waals surface area contributed by atoms with Gasteiger partial charge in [0.2, 0.25) is 0 Å². The summed E-state index contributed by atoms with van der Waals surface area (Å²) in [6, 6.07) is 3.52. The highest BCUT2D eigenvalue weighted by Gasteiger charge is 2.35. The Morgan fingerprint density at radius 1 is 1.48 bits per heavy atom. The summed E-state index contributed by atoms with van der Waals surface area (Å²) in [5, 5.41) is 0. The van der Waals surface area contributed by atoms with Crippen molar-refractivity contribution in [3.05, 3.63) is 21.9 Å². The Labute approximate surface area is 129 Å². The Kier molecular flexibility index (Phi) is 5.40. The van der Waals surface area contributed by atoms with E-state index in [0.717, 1.165) is 4.88 Å². The van der Waals surface area contributed by atoms with Crippen molar-refractivity contribution in [1.29, 1.82) is 0 Å². The van der Waals surface area contributed by atoms with Gasteiger partial charge in [0.1, 0.15) is 0 Å². The monoisotopic (exact) mass is 331 g/mol. The van der Waals surface area contributed by atoms with Crippen LogP contribution in [0.5, 0.6) is 0 Å². The minimum absolute atomic E-state index is 0.0636. The smallest absolute Gasteiger partial charge is 0.264 e. The molecule has 0 saturated carbocycles. The Bertz CT molecular complexity index is 594. The van der Waals surface area contributed by atoms with Crippen molar-refractivity contribution in [3.8, 4) is 0 Å². The van der Waals surface area contributed by atoms with Gasteiger partial charge in [0.25, 0.3) is 5.91 Å². The third-order valence-corrected chi connectivity index (χ3v) is 6.35. The molecule has 5 nitrogen and oxygen atoms in total. The van der Waals surface area contributed by atoms with Gasteiger partial charge in [-0.15, -0.1) is 11.3 Å². The molecule has 1 atom stereocenters. The van der Waals surface area contributed by atoms with E-state index in [-0.39, 0.29) is 23.5 Å². The molecule has 1 aromatic rings. The summed E-state index contributed by atoms with van der Waals surface area (Å²) in [5.74, 6) is 0.192. The summed E-state index contributed by atoms with van der Waals surface area (Å²) in [4.78, 5) is 16.1. The predicted octanol–water partition coefficient (Wildman–Crippen LogP) is 1.72. The van der Waals surface area contributed by atoms with E-state index in [0.29, 0.717) is 30.9 Å². The maximum Gasteiger partial charge on any atom is 0.264 e. The van der Waals surface area contributed by atoms with Crippen molar-refractivity contribution in [2.75, 3.05) is 31.8 Å². The minimum Gasteiger partial charge on any atom is -0.385 e. The van der Waals surface area contributed by atoms with E-state index in [4.69, 9.17) is 4.74 Å². The predicted molar refractivity (Wildman–Crippen MR) is 83.6 cm³/mol. The summed E-state index contributed by atoms with van der Waals surface area (Å²) >= 11 is 1.45. The quantitative estimate of drug-likeness (QED) is 0.745. The topological polar surface area (TPSA) is 63.7 Å². The number of nitrogens with zero attached hydrogens (tertiary/aromatic N) is 1. The maximum atomic E-state index is 12.7. The minimum atomic E-state index is -3.00. The van der Waals surface area contributed by atoms with Gasteiger partial charge in [0, 0.05) is 31.2 Å². The average Bonchev–Trinajstić information content (AvgIpc) is 3.00. The van der Waals surface area contributed by atoms with Crippen LogP contribution in [0, 0.1) is 6.92 Å². The first-order valence-electron chi connectivity index (χ1n) is 7.00.